The third-order valence-corrected chi connectivity index (χ3v) is 2.27. The SMILES string of the molecule is CC(C)c1ccc2nnn(CCF)c2n1. The van der Waals surface area contributed by atoms with E-state index in [1.807, 2.05) is 12.1 Å². The molecule has 80 valence electrons. The summed E-state index contributed by atoms with van der Waals surface area (Å²) in [5, 5.41) is 7.77. The minimum atomic E-state index is -0.452. The Kier molecular flexibility index (Phi) is 2.62. The third-order valence-electron chi connectivity index (χ3n) is 2.27. The van der Waals surface area contributed by atoms with Crippen molar-refractivity contribution in [2.75, 3.05) is 6.67 Å². The lowest BCUT2D eigenvalue weighted by Gasteiger charge is -2.04. The maximum Gasteiger partial charge on any atom is 0.178 e. The molecule has 4 nitrogen and oxygen atoms in total. The first-order valence-electron chi connectivity index (χ1n) is 4.98. The van der Waals surface area contributed by atoms with Crippen LogP contribution in [0.15, 0.2) is 12.1 Å². The fourth-order valence-electron chi connectivity index (χ4n) is 1.42. The topological polar surface area (TPSA) is 43.6 Å². The average Bonchev–Trinajstić information content (AvgIpc) is 2.61. The van der Waals surface area contributed by atoms with Crippen LogP contribution in [0.1, 0.15) is 25.5 Å². The van der Waals surface area contributed by atoms with Gasteiger partial charge < -0.3 is 0 Å². The van der Waals surface area contributed by atoms with E-state index < -0.39 is 6.67 Å². The molecule has 0 saturated carbocycles. The first-order valence-corrected chi connectivity index (χ1v) is 4.98. The summed E-state index contributed by atoms with van der Waals surface area (Å²) < 4.78 is 13.7. The average molecular weight is 208 g/mol. The number of alkyl halides is 1. The fraction of sp³-hybridized carbons (Fsp3) is 0.500. The number of hydrogen-bond acceptors (Lipinski definition) is 3. The van der Waals surface area contributed by atoms with E-state index in [1.165, 1.54) is 4.68 Å². The second-order valence-electron chi connectivity index (χ2n) is 3.74. The van der Waals surface area contributed by atoms with Gasteiger partial charge in [0.25, 0.3) is 0 Å². The second kappa shape index (κ2) is 3.92. The molecule has 5 heteroatoms. The highest BCUT2D eigenvalue weighted by Gasteiger charge is 2.08. The Morgan fingerprint density at radius 1 is 1.40 bits per heavy atom. The largest absolute Gasteiger partial charge is 0.249 e. The van der Waals surface area contributed by atoms with E-state index in [9.17, 15) is 4.39 Å². The molecule has 0 radical (unpaired) electrons. The number of halogens is 1. The molecule has 2 heterocycles. The van der Waals surface area contributed by atoms with Crippen molar-refractivity contribution < 1.29 is 4.39 Å². The van der Waals surface area contributed by atoms with Crippen molar-refractivity contribution in [1.29, 1.82) is 0 Å². The molecule has 0 amide bonds. The quantitative estimate of drug-likeness (QED) is 0.774. The number of pyridine rings is 1. The van der Waals surface area contributed by atoms with Gasteiger partial charge in [-0.25, -0.2) is 14.1 Å². The van der Waals surface area contributed by atoms with Crippen LogP contribution in [0.3, 0.4) is 0 Å². The van der Waals surface area contributed by atoms with Crippen molar-refractivity contribution in [3.05, 3.63) is 17.8 Å². The van der Waals surface area contributed by atoms with Crippen LogP contribution in [-0.4, -0.2) is 26.7 Å². The maximum absolute atomic E-state index is 12.2. The van der Waals surface area contributed by atoms with Crippen molar-refractivity contribution in [2.45, 2.75) is 26.3 Å². The zero-order chi connectivity index (χ0) is 10.8. The monoisotopic (exact) mass is 208 g/mol. The lowest BCUT2D eigenvalue weighted by atomic mass is 10.1. The van der Waals surface area contributed by atoms with Gasteiger partial charge in [-0.3, -0.25) is 0 Å². The van der Waals surface area contributed by atoms with E-state index in [1.54, 1.807) is 0 Å². The van der Waals surface area contributed by atoms with Gasteiger partial charge >= 0.3 is 0 Å². The molecule has 0 bridgehead atoms. The van der Waals surface area contributed by atoms with Crippen LogP contribution in [0.25, 0.3) is 11.2 Å². The Bertz CT molecular complexity index is 463. The van der Waals surface area contributed by atoms with E-state index in [0.29, 0.717) is 17.1 Å². The Labute approximate surface area is 87.1 Å². The predicted octanol–water partition coefficient (Wildman–Crippen LogP) is 1.92. The standard InChI is InChI=1S/C10H13FN4/c1-7(2)8-3-4-9-10(12-8)15(6-5-11)14-13-9/h3-4,7H,5-6H2,1-2H3. The van der Waals surface area contributed by atoms with Crippen LogP contribution in [0.5, 0.6) is 0 Å². The summed E-state index contributed by atoms with van der Waals surface area (Å²) in [6.07, 6.45) is 0. The fourth-order valence-corrected chi connectivity index (χ4v) is 1.42. The van der Waals surface area contributed by atoms with Gasteiger partial charge in [0.15, 0.2) is 5.65 Å². The highest BCUT2D eigenvalue weighted by Crippen LogP contribution is 2.15. The number of nitrogens with zero attached hydrogens (tertiary/aromatic N) is 4. The molecule has 0 unspecified atom stereocenters. The zero-order valence-corrected chi connectivity index (χ0v) is 8.81. The van der Waals surface area contributed by atoms with Crippen molar-refractivity contribution in [2.24, 2.45) is 0 Å². The number of hydrogen-bond donors (Lipinski definition) is 0. The number of fused-ring (bicyclic) bond motifs is 1. The van der Waals surface area contributed by atoms with Crippen LogP contribution in [0.4, 0.5) is 4.39 Å². The van der Waals surface area contributed by atoms with Crippen LogP contribution in [0.2, 0.25) is 0 Å². The van der Waals surface area contributed by atoms with Gasteiger partial charge in [0.1, 0.15) is 12.2 Å². The maximum atomic E-state index is 12.2. The molecule has 0 spiro atoms. The molecule has 2 aromatic heterocycles. The molecule has 0 saturated heterocycles. The van der Waals surface area contributed by atoms with Crippen molar-refractivity contribution in [1.82, 2.24) is 20.0 Å². The Balaban J connectivity index is 2.51. The van der Waals surface area contributed by atoms with Crippen molar-refractivity contribution >= 4 is 11.2 Å². The lowest BCUT2D eigenvalue weighted by Crippen LogP contribution is -2.04. The Morgan fingerprint density at radius 2 is 2.20 bits per heavy atom. The molecule has 2 rings (SSSR count). The number of aryl methyl sites for hydroxylation is 1. The summed E-state index contributed by atoms with van der Waals surface area (Å²) >= 11 is 0. The summed E-state index contributed by atoms with van der Waals surface area (Å²) in [5.41, 5.74) is 2.36. The minimum absolute atomic E-state index is 0.213. The van der Waals surface area contributed by atoms with Crippen LogP contribution < -0.4 is 0 Å². The Hall–Kier alpha value is -1.52. The van der Waals surface area contributed by atoms with Gasteiger partial charge in [-0.1, -0.05) is 19.1 Å². The number of aromatic nitrogens is 4. The summed E-state index contributed by atoms with van der Waals surface area (Å²) in [6.45, 7) is 3.89. The van der Waals surface area contributed by atoms with Gasteiger partial charge in [0.05, 0.1) is 6.54 Å². The van der Waals surface area contributed by atoms with Gasteiger partial charge in [0, 0.05) is 5.69 Å². The van der Waals surface area contributed by atoms with Gasteiger partial charge in [0.2, 0.25) is 0 Å². The molecule has 15 heavy (non-hydrogen) atoms. The highest BCUT2D eigenvalue weighted by atomic mass is 19.1. The molecule has 2 aromatic rings. The Morgan fingerprint density at radius 3 is 2.87 bits per heavy atom. The normalized spacial score (nSPS) is 11.5. The van der Waals surface area contributed by atoms with E-state index in [-0.39, 0.29) is 6.54 Å². The van der Waals surface area contributed by atoms with E-state index in [4.69, 9.17) is 0 Å². The molecule has 0 aliphatic heterocycles. The summed E-state index contributed by atoms with van der Waals surface area (Å²) in [4.78, 5) is 4.42. The summed E-state index contributed by atoms with van der Waals surface area (Å²) in [5.74, 6) is 0.350. The second-order valence-corrected chi connectivity index (χ2v) is 3.74. The lowest BCUT2D eigenvalue weighted by molar-refractivity contribution is 0.426. The van der Waals surface area contributed by atoms with E-state index >= 15 is 0 Å². The van der Waals surface area contributed by atoms with Crippen LogP contribution >= 0.6 is 0 Å². The first-order chi connectivity index (χ1) is 7.22. The van der Waals surface area contributed by atoms with E-state index in [2.05, 4.69) is 29.1 Å². The molecule has 0 aliphatic carbocycles. The van der Waals surface area contributed by atoms with Crippen molar-refractivity contribution in [3.8, 4) is 0 Å². The van der Waals surface area contributed by atoms with Gasteiger partial charge in [-0.05, 0) is 18.1 Å². The predicted molar refractivity (Wildman–Crippen MR) is 55.4 cm³/mol. The summed E-state index contributed by atoms with van der Waals surface area (Å²) in [7, 11) is 0. The van der Waals surface area contributed by atoms with Crippen LogP contribution in [-0.2, 0) is 6.54 Å². The van der Waals surface area contributed by atoms with Gasteiger partial charge in [-0.2, -0.15) is 0 Å². The minimum Gasteiger partial charge on any atom is -0.249 e. The molecule has 0 atom stereocenters. The third kappa shape index (κ3) is 1.82. The molecular weight excluding hydrogens is 195 g/mol. The zero-order valence-electron chi connectivity index (χ0n) is 8.81. The van der Waals surface area contributed by atoms with Gasteiger partial charge in [-0.15, -0.1) is 5.10 Å². The first kappa shape index (κ1) is 10.0. The van der Waals surface area contributed by atoms with Crippen molar-refractivity contribution in [3.63, 3.8) is 0 Å². The molecule has 0 N–H and O–H groups in total. The molecule has 0 fully saturated rings. The summed E-state index contributed by atoms with van der Waals surface area (Å²) in [6, 6.07) is 3.81. The molecular formula is C10H13FN4. The molecule has 0 aliphatic rings. The smallest absolute Gasteiger partial charge is 0.178 e. The molecule has 0 aromatic carbocycles. The number of rotatable bonds is 3. The van der Waals surface area contributed by atoms with E-state index in [0.717, 1.165) is 5.69 Å². The van der Waals surface area contributed by atoms with Crippen LogP contribution in [0, 0.1) is 0 Å². The highest BCUT2D eigenvalue weighted by molar-refractivity contribution is 5.69.